The minimum Gasteiger partial charge on any atom is -0.493 e. The summed E-state index contributed by atoms with van der Waals surface area (Å²) in [5.41, 5.74) is 0.713. The average Bonchev–Trinajstić information content (AvgIpc) is 2.43. The second-order valence-electron chi connectivity index (χ2n) is 5.45. The molecule has 6 nitrogen and oxygen atoms in total. The van der Waals surface area contributed by atoms with Crippen molar-refractivity contribution in [3.63, 3.8) is 0 Å². The van der Waals surface area contributed by atoms with Gasteiger partial charge in [0.25, 0.3) is 0 Å². The summed E-state index contributed by atoms with van der Waals surface area (Å²) in [4.78, 5) is 22.6. The maximum Gasteiger partial charge on any atom is 0.218 e. The molecule has 0 fully saturated rings. The minimum absolute atomic E-state index is 0.237. The van der Waals surface area contributed by atoms with Gasteiger partial charge in [0.1, 0.15) is 6.17 Å². The van der Waals surface area contributed by atoms with Crippen molar-refractivity contribution in [2.45, 2.75) is 33.9 Å². The fourth-order valence-corrected chi connectivity index (χ4v) is 1.85. The first-order valence-corrected chi connectivity index (χ1v) is 7.18. The van der Waals surface area contributed by atoms with Crippen LogP contribution in [0.4, 0.5) is 0 Å². The van der Waals surface area contributed by atoms with Crippen LogP contribution >= 0.6 is 0 Å². The smallest absolute Gasteiger partial charge is 0.218 e. The summed E-state index contributed by atoms with van der Waals surface area (Å²) in [5, 5.41) is 5.38. The molecule has 0 bridgehead atoms. The molecule has 6 heteroatoms. The van der Waals surface area contributed by atoms with Crippen LogP contribution in [-0.4, -0.2) is 25.5 Å². The van der Waals surface area contributed by atoms with E-state index in [4.69, 9.17) is 9.47 Å². The molecule has 0 saturated heterocycles. The van der Waals surface area contributed by atoms with Crippen LogP contribution in [0.5, 0.6) is 11.5 Å². The highest BCUT2D eigenvalue weighted by molar-refractivity contribution is 5.76. The molecule has 0 aliphatic carbocycles. The Morgan fingerprint density at radius 1 is 1.09 bits per heavy atom. The molecular formula is C16H24N2O4. The molecule has 22 heavy (non-hydrogen) atoms. The number of rotatable bonds is 7. The predicted molar refractivity (Wildman–Crippen MR) is 83.7 cm³/mol. The fourth-order valence-electron chi connectivity index (χ4n) is 1.85. The van der Waals surface area contributed by atoms with Crippen LogP contribution in [0.3, 0.4) is 0 Å². The van der Waals surface area contributed by atoms with Gasteiger partial charge in [0, 0.05) is 13.8 Å². The van der Waals surface area contributed by atoms with Crippen molar-refractivity contribution >= 4 is 11.8 Å². The third kappa shape index (κ3) is 5.63. The van der Waals surface area contributed by atoms with Crippen molar-refractivity contribution < 1.29 is 19.1 Å². The summed E-state index contributed by atoms with van der Waals surface area (Å²) < 4.78 is 11.0. The third-order valence-electron chi connectivity index (χ3n) is 2.79. The molecular weight excluding hydrogens is 284 g/mol. The molecule has 0 aliphatic heterocycles. The van der Waals surface area contributed by atoms with Crippen molar-refractivity contribution in [3.8, 4) is 11.5 Å². The lowest BCUT2D eigenvalue weighted by molar-refractivity contribution is -0.122. The first kappa shape index (κ1) is 17.8. The van der Waals surface area contributed by atoms with Gasteiger partial charge in [-0.05, 0) is 23.6 Å². The number of hydrogen-bond acceptors (Lipinski definition) is 4. The summed E-state index contributed by atoms with van der Waals surface area (Å²) in [6.07, 6.45) is -0.609. The van der Waals surface area contributed by atoms with Crippen LogP contribution in [0.15, 0.2) is 18.2 Å². The molecule has 0 aromatic heterocycles. The fraction of sp³-hybridized carbons (Fsp3) is 0.500. The van der Waals surface area contributed by atoms with Gasteiger partial charge >= 0.3 is 0 Å². The monoisotopic (exact) mass is 308 g/mol. The highest BCUT2D eigenvalue weighted by Crippen LogP contribution is 2.30. The Bertz CT molecular complexity index is 513. The van der Waals surface area contributed by atoms with Crippen LogP contribution < -0.4 is 20.1 Å². The molecule has 0 unspecified atom stereocenters. The maximum atomic E-state index is 11.3. The zero-order chi connectivity index (χ0) is 16.7. The minimum atomic E-state index is -0.609. The van der Waals surface area contributed by atoms with E-state index in [0.29, 0.717) is 29.6 Å². The van der Waals surface area contributed by atoms with Crippen LogP contribution in [0.25, 0.3) is 0 Å². The summed E-state index contributed by atoms with van der Waals surface area (Å²) >= 11 is 0. The third-order valence-corrected chi connectivity index (χ3v) is 2.79. The quantitative estimate of drug-likeness (QED) is 0.755. The molecule has 1 aromatic carbocycles. The molecule has 0 aliphatic rings. The van der Waals surface area contributed by atoms with Gasteiger partial charge in [-0.25, -0.2) is 0 Å². The number of methoxy groups -OCH3 is 1. The second kappa shape index (κ2) is 8.26. The Labute approximate surface area is 131 Å². The summed E-state index contributed by atoms with van der Waals surface area (Å²) in [7, 11) is 1.57. The van der Waals surface area contributed by atoms with Crippen molar-refractivity contribution in [1.82, 2.24) is 10.6 Å². The van der Waals surface area contributed by atoms with E-state index in [0.717, 1.165) is 0 Å². The molecule has 0 radical (unpaired) electrons. The van der Waals surface area contributed by atoms with Crippen molar-refractivity contribution in [3.05, 3.63) is 23.8 Å². The highest BCUT2D eigenvalue weighted by atomic mass is 16.5. The number of carbonyl (C=O) groups is 2. The maximum absolute atomic E-state index is 11.3. The average molecular weight is 308 g/mol. The van der Waals surface area contributed by atoms with Crippen LogP contribution in [0.2, 0.25) is 0 Å². The number of carbonyl (C=O) groups excluding carboxylic acids is 2. The van der Waals surface area contributed by atoms with E-state index in [2.05, 4.69) is 10.6 Å². The van der Waals surface area contributed by atoms with Crippen molar-refractivity contribution in [2.75, 3.05) is 13.7 Å². The number of ether oxygens (including phenoxy) is 2. The van der Waals surface area contributed by atoms with E-state index in [1.165, 1.54) is 13.8 Å². The van der Waals surface area contributed by atoms with E-state index in [1.807, 2.05) is 13.8 Å². The molecule has 0 saturated carbocycles. The Hall–Kier alpha value is -2.24. The van der Waals surface area contributed by atoms with E-state index in [9.17, 15) is 9.59 Å². The molecule has 122 valence electrons. The lowest BCUT2D eigenvalue weighted by Gasteiger charge is -2.21. The van der Waals surface area contributed by atoms with Gasteiger partial charge in [-0.15, -0.1) is 0 Å². The van der Waals surface area contributed by atoms with E-state index >= 15 is 0 Å². The van der Waals surface area contributed by atoms with Gasteiger partial charge < -0.3 is 20.1 Å². The Kier molecular flexibility index (Phi) is 6.69. The lowest BCUT2D eigenvalue weighted by atomic mass is 10.1. The molecule has 0 spiro atoms. The van der Waals surface area contributed by atoms with Gasteiger partial charge in [0.15, 0.2) is 11.5 Å². The Morgan fingerprint density at radius 3 is 2.14 bits per heavy atom. The van der Waals surface area contributed by atoms with E-state index < -0.39 is 6.17 Å². The first-order valence-electron chi connectivity index (χ1n) is 7.18. The van der Waals surface area contributed by atoms with Crippen LogP contribution in [0, 0.1) is 5.92 Å². The van der Waals surface area contributed by atoms with Crippen molar-refractivity contribution in [2.24, 2.45) is 5.92 Å². The zero-order valence-corrected chi connectivity index (χ0v) is 13.7. The molecule has 0 heterocycles. The van der Waals surface area contributed by atoms with Crippen LogP contribution in [0.1, 0.15) is 39.4 Å². The first-order chi connectivity index (χ1) is 10.3. The summed E-state index contributed by atoms with van der Waals surface area (Å²) in [5.74, 6) is 1.08. The van der Waals surface area contributed by atoms with E-state index in [-0.39, 0.29) is 11.8 Å². The Morgan fingerprint density at radius 2 is 1.68 bits per heavy atom. The van der Waals surface area contributed by atoms with Gasteiger partial charge in [-0.1, -0.05) is 19.9 Å². The predicted octanol–water partition coefficient (Wildman–Crippen LogP) is 2.00. The molecule has 1 rings (SSSR count). The van der Waals surface area contributed by atoms with Gasteiger partial charge in [-0.2, -0.15) is 0 Å². The highest BCUT2D eigenvalue weighted by Gasteiger charge is 2.16. The van der Waals surface area contributed by atoms with Gasteiger partial charge in [0.05, 0.1) is 13.7 Å². The molecule has 1 aromatic rings. The second-order valence-corrected chi connectivity index (χ2v) is 5.45. The van der Waals surface area contributed by atoms with Gasteiger partial charge in [-0.3, -0.25) is 9.59 Å². The number of nitrogens with one attached hydrogen (secondary N) is 2. The van der Waals surface area contributed by atoms with Gasteiger partial charge in [0.2, 0.25) is 11.8 Å². The molecule has 0 atom stereocenters. The number of amides is 2. The number of hydrogen-bond donors (Lipinski definition) is 2. The van der Waals surface area contributed by atoms with Crippen LogP contribution in [-0.2, 0) is 9.59 Å². The van der Waals surface area contributed by atoms with E-state index in [1.54, 1.807) is 25.3 Å². The SMILES string of the molecule is COc1ccc(C(NC(C)=O)NC(C)=O)cc1OCC(C)C. The van der Waals surface area contributed by atoms with Crippen molar-refractivity contribution in [1.29, 1.82) is 0 Å². The summed E-state index contributed by atoms with van der Waals surface area (Å²) in [6.45, 7) is 7.44. The number of benzene rings is 1. The summed E-state index contributed by atoms with van der Waals surface area (Å²) in [6, 6.07) is 5.29. The normalized spacial score (nSPS) is 10.5. The Balaban J connectivity index is 3.06. The molecule has 2 N–H and O–H groups in total. The molecule has 2 amide bonds. The topological polar surface area (TPSA) is 76.7 Å². The lowest BCUT2D eigenvalue weighted by Crippen LogP contribution is -2.39. The standard InChI is InChI=1S/C16H24N2O4/c1-10(2)9-22-15-8-13(6-7-14(15)21-5)16(17-11(3)19)18-12(4)20/h6-8,10,16H,9H2,1-5H3,(H,17,19)(H,18,20). The zero-order valence-electron chi connectivity index (χ0n) is 13.7. The largest absolute Gasteiger partial charge is 0.493 e.